The van der Waals surface area contributed by atoms with Crippen LogP contribution in [0.15, 0.2) is 24.3 Å². The van der Waals surface area contributed by atoms with Crippen LogP contribution in [0.2, 0.25) is 0 Å². The van der Waals surface area contributed by atoms with E-state index in [1.54, 1.807) is 17.0 Å². The highest BCUT2D eigenvalue weighted by molar-refractivity contribution is 7.15. The number of hydrogen-bond donors (Lipinski definition) is 2. The third-order valence-corrected chi connectivity index (χ3v) is 5.59. The van der Waals surface area contributed by atoms with Gasteiger partial charge in [0.15, 0.2) is 5.78 Å². The number of ketones is 1. The fourth-order valence-electron chi connectivity index (χ4n) is 2.90. The van der Waals surface area contributed by atoms with Crippen LogP contribution in [0.5, 0.6) is 5.75 Å². The number of aromatic nitrogens is 2. The molecule has 0 atom stereocenters. The van der Waals surface area contributed by atoms with Gasteiger partial charge in [-0.25, -0.2) is 4.79 Å². The van der Waals surface area contributed by atoms with E-state index in [0.717, 1.165) is 5.01 Å². The molecule has 8 heteroatoms. The summed E-state index contributed by atoms with van der Waals surface area (Å²) < 4.78 is 0. The Hall–Kier alpha value is -2.48. The van der Waals surface area contributed by atoms with Crippen LogP contribution in [0.1, 0.15) is 48.0 Å². The van der Waals surface area contributed by atoms with E-state index in [0.29, 0.717) is 36.6 Å². The normalized spacial score (nSPS) is 15.3. The Morgan fingerprint density at radius 1 is 1.19 bits per heavy atom. The highest BCUT2D eigenvalue weighted by atomic mass is 32.1. The predicted octanol–water partition coefficient (Wildman–Crippen LogP) is 3.49. The zero-order valence-electron chi connectivity index (χ0n) is 14.8. The molecule has 0 unspecified atom stereocenters. The quantitative estimate of drug-likeness (QED) is 0.799. The van der Waals surface area contributed by atoms with E-state index in [9.17, 15) is 14.7 Å². The number of anilines is 1. The Morgan fingerprint density at radius 3 is 2.42 bits per heavy atom. The maximum atomic E-state index is 12.5. The second-order valence-corrected chi connectivity index (χ2v) is 7.71. The minimum Gasteiger partial charge on any atom is -0.508 e. The summed E-state index contributed by atoms with van der Waals surface area (Å²) in [6.07, 6.45) is 1.25. The van der Waals surface area contributed by atoms with Crippen LogP contribution in [0.3, 0.4) is 0 Å². The van der Waals surface area contributed by atoms with E-state index in [1.807, 2.05) is 13.8 Å². The zero-order chi connectivity index (χ0) is 18.7. The van der Waals surface area contributed by atoms with Crippen molar-refractivity contribution in [1.82, 2.24) is 15.1 Å². The van der Waals surface area contributed by atoms with Gasteiger partial charge >= 0.3 is 6.03 Å². The number of piperidine rings is 1. The molecule has 2 amide bonds. The molecule has 1 aliphatic heterocycles. The van der Waals surface area contributed by atoms with Crippen molar-refractivity contribution in [3.05, 3.63) is 34.8 Å². The van der Waals surface area contributed by atoms with E-state index in [2.05, 4.69) is 15.5 Å². The first-order chi connectivity index (χ1) is 12.4. The minimum atomic E-state index is -0.202. The summed E-state index contributed by atoms with van der Waals surface area (Å²) in [6, 6.07) is 6.11. The van der Waals surface area contributed by atoms with E-state index >= 15 is 0 Å². The number of urea groups is 1. The lowest BCUT2D eigenvalue weighted by molar-refractivity contribution is 0.0859. The topological polar surface area (TPSA) is 95.4 Å². The molecule has 26 heavy (non-hydrogen) atoms. The number of aromatic hydroxyl groups is 1. The molecule has 2 N–H and O–H groups in total. The van der Waals surface area contributed by atoms with Crippen LogP contribution in [-0.4, -0.2) is 45.1 Å². The largest absolute Gasteiger partial charge is 0.508 e. The van der Waals surface area contributed by atoms with Gasteiger partial charge in [-0.15, -0.1) is 10.2 Å². The summed E-state index contributed by atoms with van der Waals surface area (Å²) in [6.45, 7) is 5.11. The Bertz CT molecular complexity index is 780. The first-order valence-corrected chi connectivity index (χ1v) is 9.48. The number of rotatable bonds is 4. The SMILES string of the molecule is CC(C)c1nnc(NC(=O)N2CCC(C(=O)c3ccc(O)cc3)CC2)s1. The monoisotopic (exact) mass is 374 g/mol. The van der Waals surface area contributed by atoms with Gasteiger partial charge in [-0.2, -0.15) is 0 Å². The third kappa shape index (κ3) is 4.19. The molecule has 1 saturated heterocycles. The van der Waals surface area contributed by atoms with Gasteiger partial charge in [0.05, 0.1) is 0 Å². The van der Waals surface area contributed by atoms with Crippen molar-refractivity contribution in [2.24, 2.45) is 5.92 Å². The number of phenols is 1. The smallest absolute Gasteiger partial charge is 0.323 e. The molecule has 1 aromatic heterocycles. The average Bonchev–Trinajstić information content (AvgIpc) is 3.11. The molecule has 7 nitrogen and oxygen atoms in total. The standard InChI is InChI=1S/C18H22N4O3S/c1-11(2)16-20-21-17(26-16)19-18(25)22-9-7-13(8-10-22)15(24)12-3-5-14(23)6-4-12/h3-6,11,13,23H,7-10H2,1-2H3,(H,19,21,25). The van der Waals surface area contributed by atoms with Crippen LogP contribution >= 0.6 is 11.3 Å². The first-order valence-electron chi connectivity index (χ1n) is 8.66. The van der Waals surface area contributed by atoms with E-state index in [4.69, 9.17) is 0 Å². The molecule has 1 aromatic carbocycles. The number of likely N-dealkylation sites (tertiary alicyclic amines) is 1. The molecule has 3 rings (SSSR count). The number of amides is 2. The lowest BCUT2D eigenvalue weighted by Gasteiger charge is -2.31. The van der Waals surface area contributed by atoms with Gasteiger partial charge in [-0.05, 0) is 37.1 Å². The molecular formula is C18H22N4O3S. The van der Waals surface area contributed by atoms with Crippen molar-refractivity contribution in [3.63, 3.8) is 0 Å². The zero-order valence-corrected chi connectivity index (χ0v) is 15.6. The fraction of sp³-hybridized carbons (Fsp3) is 0.444. The predicted molar refractivity (Wildman–Crippen MR) is 99.8 cm³/mol. The molecule has 0 spiro atoms. The van der Waals surface area contributed by atoms with Gasteiger partial charge < -0.3 is 10.0 Å². The molecular weight excluding hydrogens is 352 g/mol. The number of nitrogens with zero attached hydrogens (tertiary/aromatic N) is 3. The lowest BCUT2D eigenvalue weighted by atomic mass is 9.89. The van der Waals surface area contributed by atoms with Crippen LogP contribution < -0.4 is 5.32 Å². The molecule has 1 aliphatic rings. The first kappa shape index (κ1) is 18.3. The number of Topliss-reactive ketones (excluding diaryl/α,β-unsaturated/α-hetero) is 1. The maximum Gasteiger partial charge on any atom is 0.323 e. The summed E-state index contributed by atoms with van der Waals surface area (Å²) in [7, 11) is 0. The van der Waals surface area contributed by atoms with Crippen molar-refractivity contribution < 1.29 is 14.7 Å². The molecule has 0 saturated carbocycles. The Morgan fingerprint density at radius 2 is 1.85 bits per heavy atom. The van der Waals surface area contributed by atoms with Crippen LogP contribution in [0, 0.1) is 5.92 Å². The van der Waals surface area contributed by atoms with Gasteiger partial charge in [0.25, 0.3) is 0 Å². The van der Waals surface area contributed by atoms with Gasteiger partial charge in [0, 0.05) is 30.5 Å². The lowest BCUT2D eigenvalue weighted by Crippen LogP contribution is -2.42. The van der Waals surface area contributed by atoms with Crippen molar-refractivity contribution >= 4 is 28.3 Å². The molecule has 2 heterocycles. The molecule has 2 aromatic rings. The highest BCUT2D eigenvalue weighted by Crippen LogP contribution is 2.25. The number of carbonyl (C=O) groups is 2. The van der Waals surface area contributed by atoms with Gasteiger partial charge in [0.1, 0.15) is 10.8 Å². The molecule has 138 valence electrons. The number of nitrogens with one attached hydrogen (secondary N) is 1. The van der Waals surface area contributed by atoms with Gasteiger partial charge in [-0.1, -0.05) is 25.2 Å². The second-order valence-electron chi connectivity index (χ2n) is 6.70. The Balaban J connectivity index is 1.53. The van der Waals surface area contributed by atoms with E-state index < -0.39 is 0 Å². The number of hydrogen-bond acceptors (Lipinski definition) is 6. The Labute approximate surface area is 156 Å². The highest BCUT2D eigenvalue weighted by Gasteiger charge is 2.28. The number of phenolic OH excluding ortho intramolecular Hbond substituents is 1. The summed E-state index contributed by atoms with van der Waals surface area (Å²) in [5.74, 6) is 0.388. The van der Waals surface area contributed by atoms with Crippen LogP contribution in [-0.2, 0) is 0 Å². The van der Waals surface area contributed by atoms with Crippen molar-refractivity contribution in [2.75, 3.05) is 18.4 Å². The second kappa shape index (κ2) is 7.82. The van der Waals surface area contributed by atoms with Gasteiger partial charge in [-0.3, -0.25) is 10.1 Å². The number of carbonyl (C=O) groups excluding carboxylic acids is 2. The van der Waals surface area contributed by atoms with Crippen molar-refractivity contribution in [3.8, 4) is 5.75 Å². The van der Waals surface area contributed by atoms with Crippen molar-refractivity contribution in [1.29, 1.82) is 0 Å². The van der Waals surface area contributed by atoms with Crippen LogP contribution in [0.4, 0.5) is 9.93 Å². The molecule has 0 aliphatic carbocycles. The van der Waals surface area contributed by atoms with Gasteiger partial charge in [0.2, 0.25) is 5.13 Å². The van der Waals surface area contributed by atoms with Crippen LogP contribution in [0.25, 0.3) is 0 Å². The molecule has 1 fully saturated rings. The summed E-state index contributed by atoms with van der Waals surface area (Å²) >= 11 is 1.38. The maximum absolute atomic E-state index is 12.5. The Kier molecular flexibility index (Phi) is 5.51. The average molecular weight is 374 g/mol. The molecule has 0 radical (unpaired) electrons. The molecule has 0 bridgehead atoms. The van der Waals surface area contributed by atoms with Crippen molar-refractivity contribution in [2.45, 2.75) is 32.6 Å². The summed E-state index contributed by atoms with van der Waals surface area (Å²) in [5.41, 5.74) is 0.598. The van der Waals surface area contributed by atoms with E-state index in [-0.39, 0.29) is 29.4 Å². The summed E-state index contributed by atoms with van der Waals surface area (Å²) in [4.78, 5) is 26.6. The minimum absolute atomic E-state index is 0.0655. The van der Waals surface area contributed by atoms with E-state index in [1.165, 1.54) is 23.5 Å². The number of benzene rings is 1. The fourth-order valence-corrected chi connectivity index (χ4v) is 3.63. The summed E-state index contributed by atoms with van der Waals surface area (Å²) in [5, 5.41) is 21.6. The third-order valence-electron chi connectivity index (χ3n) is 4.45.